The van der Waals surface area contributed by atoms with E-state index in [0.717, 1.165) is 23.0 Å². The molecular formula is C22H27ClN2O2. The van der Waals surface area contributed by atoms with Crippen molar-refractivity contribution in [1.29, 1.82) is 0 Å². The van der Waals surface area contributed by atoms with Crippen molar-refractivity contribution in [3.8, 4) is 0 Å². The van der Waals surface area contributed by atoms with Crippen LogP contribution in [-0.4, -0.2) is 18.2 Å². The maximum atomic E-state index is 12.6. The Morgan fingerprint density at radius 2 is 1.85 bits per heavy atom. The molecule has 2 rings (SSSR count). The standard InChI is InChI=1S/C22H27ClN2O2/c1-15(2)21(9-10-26)24-13-18-8-7-16(3)20(12-18)22(27)25-14-17-5-4-6-19(23)11-17/h4-8,10-12,15,21,24H,9,13-14H2,1-3H3,(H,25,27). The Labute approximate surface area is 166 Å². The molecule has 0 aliphatic rings. The molecule has 0 aromatic heterocycles. The zero-order valence-corrected chi connectivity index (χ0v) is 16.8. The third kappa shape index (κ3) is 6.49. The highest BCUT2D eigenvalue weighted by Crippen LogP contribution is 2.14. The van der Waals surface area contributed by atoms with Crippen LogP contribution in [0.25, 0.3) is 0 Å². The number of nitrogens with one attached hydrogen (secondary N) is 2. The number of carbonyl (C=O) groups excluding carboxylic acids is 2. The van der Waals surface area contributed by atoms with Gasteiger partial charge in [-0.1, -0.05) is 49.7 Å². The maximum Gasteiger partial charge on any atom is 0.251 e. The fraction of sp³-hybridized carbons (Fsp3) is 0.364. The number of hydrogen-bond acceptors (Lipinski definition) is 3. The van der Waals surface area contributed by atoms with Crippen molar-refractivity contribution in [3.05, 3.63) is 69.7 Å². The highest BCUT2D eigenvalue weighted by molar-refractivity contribution is 6.30. The topological polar surface area (TPSA) is 58.2 Å². The van der Waals surface area contributed by atoms with Gasteiger partial charge in [0.2, 0.25) is 0 Å². The van der Waals surface area contributed by atoms with Crippen LogP contribution in [0.3, 0.4) is 0 Å². The van der Waals surface area contributed by atoms with Crippen LogP contribution in [0, 0.1) is 12.8 Å². The Kier molecular flexibility index (Phi) is 8.01. The fourth-order valence-corrected chi connectivity index (χ4v) is 3.10. The van der Waals surface area contributed by atoms with E-state index in [4.69, 9.17) is 11.6 Å². The second kappa shape index (κ2) is 10.2. The monoisotopic (exact) mass is 386 g/mol. The first-order chi connectivity index (χ1) is 12.9. The minimum absolute atomic E-state index is 0.109. The van der Waals surface area contributed by atoms with Gasteiger partial charge in [0.15, 0.2) is 0 Å². The van der Waals surface area contributed by atoms with E-state index in [1.807, 2.05) is 49.4 Å². The summed E-state index contributed by atoms with van der Waals surface area (Å²) in [5.41, 5.74) is 3.56. The van der Waals surface area contributed by atoms with Gasteiger partial charge in [0.1, 0.15) is 6.29 Å². The van der Waals surface area contributed by atoms with Gasteiger partial charge in [-0.25, -0.2) is 0 Å². The molecule has 0 radical (unpaired) electrons. The highest BCUT2D eigenvalue weighted by atomic mass is 35.5. The molecule has 1 amide bonds. The van der Waals surface area contributed by atoms with Crippen molar-refractivity contribution in [2.75, 3.05) is 0 Å². The van der Waals surface area contributed by atoms with Crippen LogP contribution >= 0.6 is 11.6 Å². The largest absolute Gasteiger partial charge is 0.348 e. The van der Waals surface area contributed by atoms with E-state index in [1.165, 1.54) is 0 Å². The number of benzene rings is 2. The Morgan fingerprint density at radius 3 is 2.52 bits per heavy atom. The Bertz CT molecular complexity index is 790. The molecule has 4 nitrogen and oxygen atoms in total. The van der Waals surface area contributed by atoms with Gasteiger partial charge in [0.05, 0.1) is 0 Å². The molecule has 0 saturated carbocycles. The number of aryl methyl sites for hydroxylation is 1. The number of hydrogen-bond donors (Lipinski definition) is 2. The van der Waals surface area contributed by atoms with E-state index < -0.39 is 0 Å². The van der Waals surface area contributed by atoms with Gasteiger partial charge in [-0.05, 0) is 47.7 Å². The minimum Gasteiger partial charge on any atom is -0.348 e. The number of carbonyl (C=O) groups is 2. The lowest BCUT2D eigenvalue weighted by atomic mass is 10.00. The van der Waals surface area contributed by atoms with Crippen LogP contribution in [0.4, 0.5) is 0 Å². The van der Waals surface area contributed by atoms with Gasteiger partial charge in [-0.2, -0.15) is 0 Å². The summed E-state index contributed by atoms with van der Waals surface area (Å²) in [7, 11) is 0. The minimum atomic E-state index is -0.109. The molecule has 144 valence electrons. The summed E-state index contributed by atoms with van der Waals surface area (Å²) < 4.78 is 0. The zero-order valence-electron chi connectivity index (χ0n) is 16.1. The molecular weight excluding hydrogens is 360 g/mol. The second-order valence-electron chi connectivity index (χ2n) is 7.10. The van der Waals surface area contributed by atoms with Crippen LogP contribution in [0.15, 0.2) is 42.5 Å². The maximum absolute atomic E-state index is 12.6. The van der Waals surface area contributed by atoms with Crippen molar-refractivity contribution in [2.24, 2.45) is 5.92 Å². The molecule has 0 heterocycles. The molecule has 0 fully saturated rings. The number of amides is 1. The smallest absolute Gasteiger partial charge is 0.251 e. The molecule has 1 atom stereocenters. The van der Waals surface area contributed by atoms with Gasteiger partial charge < -0.3 is 15.4 Å². The normalized spacial score (nSPS) is 12.0. The van der Waals surface area contributed by atoms with E-state index in [-0.39, 0.29) is 11.9 Å². The van der Waals surface area contributed by atoms with Gasteiger partial charge in [-0.3, -0.25) is 4.79 Å². The van der Waals surface area contributed by atoms with E-state index >= 15 is 0 Å². The highest BCUT2D eigenvalue weighted by Gasteiger charge is 2.14. The summed E-state index contributed by atoms with van der Waals surface area (Å²) in [4.78, 5) is 23.4. The molecule has 1 unspecified atom stereocenters. The number of halogens is 1. The molecule has 2 aromatic rings. The molecule has 0 saturated heterocycles. The molecule has 2 aromatic carbocycles. The second-order valence-corrected chi connectivity index (χ2v) is 7.53. The van der Waals surface area contributed by atoms with E-state index in [1.54, 1.807) is 0 Å². The lowest BCUT2D eigenvalue weighted by Gasteiger charge is -2.20. The number of rotatable bonds is 9. The van der Waals surface area contributed by atoms with Crippen molar-refractivity contribution in [2.45, 2.75) is 46.3 Å². The predicted octanol–water partition coefficient (Wildman–Crippen LogP) is 4.28. The summed E-state index contributed by atoms with van der Waals surface area (Å²) in [6.07, 6.45) is 1.43. The lowest BCUT2D eigenvalue weighted by molar-refractivity contribution is -0.108. The molecule has 27 heavy (non-hydrogen) atoms. The van der Waals surface area contributed by atoms with Crippen molar-refractivity contribution >= 4 is 23.8 Å². The molecule has 0 bridgehead atoms. The summed E-state index contributed by atoms with van der Waals surface area (Å²) in [5, 5.41) is 7.01. The van der Waals surface area contributed by atoms with Crippen LogP contribution in [-0.2, 0) is 17.9 Å². The van der Waals surface area contributed by atoms with Gasteiger partial charge >= 0.3 is 0 Å². The van der Waals surface area contributed by atoms with Crippen LogP contribution < -0.4 is 10.6 Å². The molecule has 0 aliphatic carbocycles. The van der Waals surface area contributed by atoms with Gasteiger partial charge in [0.25, 0.3) is 5.91 Å². The van der Waals surface area contributed by atoms with Crippen LogP contribution in [0.5, 0.6) is 0 Å². The zero-order chi connectivity index (χ0) is 19.8. The third-order valence-electron chi connectivity index (χ3n) is 4.61. The fourth-order valence-electron chi connectivity index (χ4n) is 2.89. The van der Waals surface area contributed by atoms with E-state index in [2.05, 4.69) is 24.5 Å². The summed E-state index contributed by atoms with van der Waals surface area (Å²) in [5.74, 6) is 0.253. The lowest BCUT2D eigenvalue weighted by Crippen LogP contribution is -2.33. The Hall–Kier alpha value is -2.17. The summed E-state index contributed by atoms with van der Waals surface area (Å²) in [6.45, 7) is 7.15. The van der Waals surface area contributed by atoms with Crippen molar-refractivity contribution in [1.82, 2.24) is 10.6 Å². The first-order valence-corrected chi connectivity index (χ1v) is 9.57. The third-order valence-corrected chi connectivity index (χ3v) is 4.85. The molecule has 0 aliphatic heterocycles. The Morgan fingerprint density at radius 1 is 1.11 bits per heavy atom. The quantitative estimate of drug-likeness (QED) is 0.632. The summed E-state index contributed by atoms with van der Waals surface area (Å²) in [6, 6.07) is 13.4. The molecule has 5 heteroatoms. The SMILES string of the molecule is Cc1ccc(CNC(CC=O)C(C)C)cc1C(=O)NCc1cccc(Cl)c1. The summed E-state index contributed by atoms with van der Waals surface area (Å²) >= 11 is 5.99. The number of aldehydes is 1. The molecule has 0 spiro atoms. The first kappa shape index (κ1) is 21.1. The van der Waals surface area contributed by atoms with Gasteiger partial charge in [0, 0.05) is 36.1 Å². The van der Waals surface area contributed by atoms with Crippen LogP contribution in [0.2, 0.25) is 5.02 Å². The Balaban J connectivity index is 2.02. The van der Waals surface area contributed by atoms with Crippen LogP contribution in [0.1, 0.15) is 47.3 Å². The average Bonchev–Trinajstić information content (AvgIpc) is 2.64. The van der Waals surface area contributed by atoms with Crippen molar-refractivity contribution in [3.63, 3.8) is 0 Å². The van der Waals surface area contributed by atoms with Gasteiger partial charge in [-0.15, -0.1) is 0 Å². The van der Waals surface area contributed by atoms with Crippen molar-refractivity contribution < 1.29 is 9.59 Å². The van der Waals surface area contributed by atoms with E-state index in [0.29, 0.717) is 36.0 Å². The first-order valence-electron chi connectivity index (χ1n) is 9.20. The molecule has 2 N–H and O–H groups in total. The van der Waals surface area contributed by atoms with E-state index in [9.17, 15) is 9.59 Å². The predicted molar refractivity (Wildman–Crippen MR) is 110 cm³/mol. The average molecular weight is 387 g/mol.